The van der Waals surface area contributed by atoms with Gasteiger partial charge in [-0.25, -0.2) is 0 Å². The Morgan fingerprint density at radius 1 is 1.16 bits per heavy atom. The highest BCUT2D eigenvalue weighted by molar-refractivity contribution is 9.10. The van der Waals surface area contributed by atoms with Crippen LogP contribution in [0.25, 0.3) is 0 Å². The van der Waals surface area contributed by atoms with Crippen molar-refractivity contribution in [3.63, 3.8) is 0 Å². The second kappa shape index (κ2) is 5.51. The van der Waals surface area contributed by atoms with E-state index >= 15 is 0 Å². The first-order chi connectivity index (χ1) is 8.90. The van der Waals surface area contributed by atoms with Gasteiger partial charge in [0.15, 0.2) is 4.67 Å². The fourth-order valence-corrected chi connectivity index (χ4v) is 2.43. The molecule has 1 N–H and O–H groups in total. The average Bonchev–Trinajstić information content (AvgIpc) is 2.75. The van der Waals surface area contributed by atoms with E-state index in [1.807, 2.05) is 38.1 Å². The maximum Gasteiger partial charge on any atom is 0.256 e. The van der Waals surface area contributed by atoms with Crippen LogP contribution in [0.3, 0.4) is 0 Å². The van der Waals surface area contributed by atoms with Crippen LogP contribution in [0, 0.1) is 0 Å². The lowest BCUT2D eigenvalue weighted by Gasteiger charge is -2.26. The molecular formula is C14H13Br2NO2. The highest BCUT2D eigenvalue weighted by atomic mass is 79.9. The Kier molecular flexibility index (Phi) is 4.16. The number of carbonyl (C=O) groups excluding carboxylic acids is 1. The lowest BCUT2D eigenvalue weighted by molar-refractivity contribution is 0.0910. The second-order valence-corrected chi connectivity index (χ2v) is 6.33. The van der Waals surface area contributed by atoms with Crippen molar-refractivity contribution in [2.45, 2.75) is 19.4 Å². The molecule has 5 heteroatoms. The highest BCUT2D eigenvalue weighted by Gasteiger charge is 2.25. The van der Waals surface area contributed by atoms with Gasteiger partial charge in [-0.1, -0.05) is 28.1 Å². The van der Waals surface area contributed by atoms with Gasteiger partial charge in [0.2, 0.25) is 0 Å². The molecule has 0 saturated heterocycles. The zero-order valence-corrected chi connectivity index (χ0v) is 13.7. The molecule has 2 aromatic rings. The summed E-state index contributed by atoms with van der Waals surface area (Å²) in [5.41, 5.74) is 1.06. The monoisotopic (exact) mass is 385 g/mol. The fraction of sp³-hybridized carbons (Fsp3) is 0.214. The first-order valence-corrected chi connectivity index (χ1v) is 7.30. The lowest BCUT2D eigenvalue weighted by Crippen LogP contribution is -2.40. The summed E-state index contributed by atoms with van der Waals surface area (Å²) in [4.78, 5) is 12.2. The molecule has 0 bridgehead atoms. The smallest absolute Gasteiger partial charge is 0.256 e. The van der Waals surface area contributed by atoms with Crippen LogP contribution in [0.2, 0.25) is 0 Å². The Labute approximate surface area is 128 Å². The minimum absolute atomic E-state index is 0.173. The van der Waals surface area contributed by atoms with E-state index in [1.165, 1.54) is 6.26 Å². The summed E-state index contributed by atoms with van der Waals surface area (Å²) in [6, 6.07) is 9.51. The molecule has 0 radical (unpaired) electrons. The maximum atomic E-state index is 12.2. The summed E-state index contributed by atoms with van der Waals surface area (Å²) in [7, 11) is 0. The van der Waals surface area contributed by atoms with Crippen LogP contribution in [0.1, 0.15) is 29.8 Å². The van der Waals surface area contributed by atoms with Crippen molar-refractivity contribution in [3.05, 3.63) is 56.9 Å². The quantitative estimate of drug-likeness (QED) is 0.845. The van der Waals surface area contributed by atoms with Crippen molar-refractivity contribution >= 4 is 37.8 Å². The van der Waals surface area contributed by atoms with Crippen molar-refractivity contribution < 1.29 is 9.21 Å². The number of benzene rings is 1. The van der Waals surface area contributed by atoms with Crippen LogP contribution in [0.5, 0.6) is 0 Å². The minimum atomic E-state index is -0.464. The number of rotatable bonds is 3. The molecule has 3 nitrogen and oxygen atoms in total. The van der Waals surface area contributed by atoms with Gasteiger partial charge in [0.05, 0.1) is 17.4 Å². The molecule has 1 heterocycles. The zero-order valence-electron chi connectivity index (χ0n) is 10.5. The molecule has 1 amide bonds. The Bertz CT molecular complexity index is 588. The van der Waals surface area contributed by atoms with E-state index in [0.29, 0.717) is 10.2 Å². The Balaban J connectivity index is 2.19. The van der Waals surface area contributed by atoms with Crippen LogP contribution in [-0.2, 0) is 5.54 Å². The van der Waals surface area contributed by atoms with Crippen LogP contribution < -0.4 is 5.32 Å². The molecule has 19 heavy (non-hydrogen) atoms. The van der Waals surface area contributed by atoms with Gasteiger partial charge in [-0.3, -0.25) is 4.79 Å². The van der Waals surface area contributed by atoms with Crippen molar-refractivity contribution in [1.82, 2.24) is 5.32 Å². The molecule has 1 aromatic carbocycles. The van der Waals surface area contributed by atoms with Gasteiger partial charge in [0, 0.05) is 4.47 Å². The van der Waals surface area contributed by atoms with E-state index in [9.17, 15) is 4.79 Å². The zero-order chi connectivity index (χ0) is 14.0. The SMILES string of the molecule is CC(C)(NC(=O)c1ccoc1Br)c1ccc(Br)cc1. The number of hydrogen-bond acceptors (Lipinski definition) is 2. The van der Waals surface area contributed by atoms with E-state index in [4.69, 9.17) is 4.42 Å². The maximum absolute atomic E-state index is 12.2. The van der Waals surface area contributed by atoms with Crippen LogP contribution in [0.4, 0.5) is 0 Å². The van der Waals surface area contributed by atoms with Crippen molar-refractivity contribution in [3.8, 4) is 0 Å². The third kappa shape index (κ3) is 3.28. The number of halogens is 2. The number of carbonyl (C=O) groups is 1. The second-order valence-electron chi connectivity index (χ2n) is 4.69. The van der Waals surface area contributed by atoms with E-state index < -0.39 is 5.54 Å². The number of furan rings is 1. The lowest BCUT2D eigenvalue weighted by atomic mass is 9.94. The molecule has 0 fully saturated rings. The summed E-state index contributed by atoms with van der Waals surface area (Å²) in [5.74, 6) is -0.173. The summed E-state index contributed by atoms with van der Waals surface area (Å²) in [6.07, 6.45) is 1.48. The Morgan fingerprint density at radius 2 is 1.79 bits per heavy atom. The molecule has 2 rings (SSSR count). The first kappa shape index (κ1) is 14.3. The Hall–Kier alpha value is -1.07. The van der Waals surface area contributed by atoms with Crippen LogP contribution in [0.15, 0.2) is 50.2 Å². The molecule has 0 aliphatic heterocycles. The molecule has 0 spiro atoms. The summed E-state index contributed by atoms with van der Waals surface area (Å²) >= 11 is 6.60. The van der Waals surface area contributed by atoms with Gasteiger partial charge in [0.25, 0.3) is 5.91 Å². The third-order valence-corrected chi connectivity index (χ3v) is 4.00. The first-order valence-electron chi connectivity index (χ1n) is 5.72. The molecule has 0 saturated carbocycles. The van der Waals surface area contributed by atoms with Crippen LogP contribution in [-0.4, -0.2) is 5.91 Å². The standard InChI is InChI=1S/C14H13Br2NO2/c1-14(2,9-3-5-10(15)6-4-9)17-13(18)11-7-8-19-12(11)16/h3-8H,1-2H3,(H,17,18). The van der Waals surface area contributed by atoms with E-state index in [2.05, 4.69) is 37.2 Å². The minimum Gasteiger partial charge on any atom is -0.457 e. The van der Waals surface area contributed by atoms with E-state index in [1.54, 1.807) is 6.07 Å². The predicted octanol–water partition coefficient (Wildman–Crippen LogP) is 4.47. The van der Waals surface area contributed by atoms with Gasteiger partial charge in [-0.2, -0.15) is 0 Å². The number of nitrogens with one attached hydrogen (secondary N) is 1. The largest absolute Gasteiger partial charge is 0.457 e. The fourth-order valence-electron chi connectivity index (χ4n) is 1.75. The molecule has 0 unspecified atom stereocenters. The Morgan fingerprint density at radius 3 is 2.32 bits per heavy atom. The van der Waals surface area contributed by atoms with Crippen molar-refractivity contribution in [2.24, 2.45) is 0 Å². The van der Waals surface area contributed by atoms with Crippen molar-refractivity contribution in [2.75, 3.05) is 0 Å². The highest BCUT2D eigenvalue weighted by Crippen LogP contribution is 2.24. The predicted molar refractivity (Wildman–Crippen MR) is 81.0 cm³/mol. The van der Waals surface area contributed by atoms with Gasteiger partial charge in [0.1, 0.15) is 0 Å². The molecule has 100 valence electrons. The number of amides is 1. The van der Waals surface area contributed by atoms with E-state index in [0.717, 1.165) is 10.0 Å². The average molecular weight is 387 g/mol. The molecule has 0 aliphatic carbocycles. The van der Waals surface area contributed by atoms with Crippen LogP contribution >= 0.6 is 31.9 Å². The van der Waals surface area contributed by atoms with E-state index in [-0.39, 0.29) is 5.91 Å². The molecule has 0 atom stereocenters. The van der Waals surface area contributed by atoms with Crippen molar-refractivity contribution in [1.29, 1.82) is 0 Å². The summed E-state index contributed by atoms with van der Waals surface area (Å²) in [6.45, 7) is 3.92. The summed E-state index contributed by atoms with van der Waals surface area (Å²) in [5, 5.41) is 2.99. The summed E-state index contributed by atoms with van der Waals surface area (Å²) < 4.78 is 6.52. The normalized spacial score (nSPS) is 11.4. The number of hydrogen-bond donors (Lipinski definition) is 1. The van der Waals surface area contributed by atoms with Gasteiger partial charge in [-0.05, 0) is 53.5 Å². The molecular weight excluding hydrogens is 374 g/mol. The molecule has 0 aliphatic rings. The topological polar surface area (TPSA) is 42.2 Å². The van der Waals surface area contributed by atoms with Gasteiger partial charge < -0.3 is 9.73 Å². The van der Waals surface area contributed by atoms with Gasteiger partial charge >= 0.3 is 0 Å². The van der Waals surface area contributed by atoms with Gasteiger partial charge in [-0.15, -0.1) is 0 Å². The third-order valence-electron chi connectivity index (χ3n) is 2.85. The molecule has 1 aromatic heterocycles.